The van der Waals surface area contributed by atoms with E-state index in [1.807, 2.05) is 6.20 Å². The van der Waals surface area contributed by atoms with Crippen molar-refractivity contribution in [2.75, 3.05) is 13.7 Å². The Morgan fingerprint density at radius 2 is 1.90 bits per heavy atom. The summed E-state index contributed by atoms with van der Waals surface area (Å²) in [6.07, 6.45) is 4.36. The Labute approximate surface area is 167 Å². The third-order valence-electron chi connectivity index (χ3n) is 4.59. The van der Waals surface area contributed by atoms with Crippen LogP contribution in [0.5, 0.6) is 0 Å². The van der Waals surface area contributed by atoms with Crippen molar-refractivity contribution in [1.82, 2.24) is 10.3 Å². The molecule has 0 fully saturated rings. The molecule has 2 N–H and O–H groups in total. The van der Waals surface area contributed by atoms with Crippen LogP contribution in [-0.4, -0.2) is 24.5 Å². The van der Waals surface area contributed by atoms with Crippen LogP contribution in [0.4, 0.5) is 8.78 Å². The van der Waals surface area contributed by atoms with E-state index >= 15 is 0 Å². The molecule has 0 saturated carbocycles. The van der Waals surface area contributed by atoms with Crippen LogP contribution in [0.1, 0.15) is 11.1 Å². The predicted octanol–water partition coefficient (Wildman–Crippen LogP) is 4.43. The summed E-state index contributed by atoms with van der Waals surface area (Å²) >= 11 is 0. The first-order valence-corrected chi connectivity index (χ1v) is 9.18. The third kappa shape index (κ3) is 5.31. The molecule has 2 aromatic carbocycles. The minimum absolute atomic E-state index is 0.258. The van der Waals surface area contributed by atoms with Crippen LogP contribution in [-0.2, 0) is 22.4 Å². The normalized spacial score (nSPS) is 11.5. The molecule has 1 aromatic heterocycles. The van der Waals surface area contributed by atoms with Gasteiger partial charge in [-0.15, -0.1) is 0 Å². The summed E-state index contributed by atoms with van der Waals surface area (Å²) < 4.78 is 31.8. The molecule has 1 amide bonds. The fourth-order valence-electron chi connectivity index (χ4n) is 3.03. The number of rotatable bonds is 8. The number of aromatic amines is 1. The van der Waals surface area contributed by atoms with Crippen molar-refractivity contribution in [3.8, 4) is 0 Å². The van der Waals surface area contributed by atoms with E-state index < -0.39 is 0 Å². The highest BCUT2D eigenvalue weighted by molar-refractivity contribution is 5.95. The van der Waals surface area contributed by atoms with Crippen molar-refractivity contribution in [2.45, 2.75) is 12.8 Å². The number of carbonyl (C=O) groups excluding carboxylic acids is 1. The first kappa shape index (κ1) is 20.3. The Morgan fingerprint density at radius 3 is 2.62 bits per heavy atom. The molecule has 3 aromatic rings. The zero-order valence-corrected chi connectivity index (χ0v) is 16.1. The molecule has 150 valence electrons. The van der Waals surface area contributed by atoms with E-state index in [2.05, 4.69) is 16.9 Å². The summed E-state index contributed by atoms with van der Waals surface area (Å²) in [6.45, 7) is 4.18. The van der Waals surface area contributed by atoms with Crippen molar-refractivity contribution in [3.63, 3.8) is 0 Å². The van der Waals surface area contributed by atoms with E-state index in [9.17, 15) is 13.6 Å². The smallest absolute Gasteiger partial charge is 0.250 e. The molecular formula is C23H22F2N2O2. The zero-order valence-electron chi connectivity index (χ0n) is 16.1. The number of halogens is 2. The Bertz CT molecular complexity index is 1050. The number of allylic oxidation sites excluding steroid dienone is 1. The van der Waals surface area contributed by atoms with E-state index in [0.29, 0.717) is 25.1 Å². The minimum atomic E-state index is -0.315. The summed E-state index contributed by atoms with van der Waals surface area (Å²) in [5, 5.41) is 3.61. The number of carbonyl (C=O) groups is 1. The molecule has 6 heteroatoms. The van der Waals surface area contributed by atoms with E-state index in [0.717, 1.165) is 22.0 Å². The Hall–Kier alpha value is -3.41. The van der Waals surface area contributed by atoms with Crippen LogP contribution < -0.4 is 5.32 Å². The molecule has 1 heterocycles. The first-order valence-electron chi connectivity index (χ1n) is 9.18. The van der Waals surface area contributed by atoms with Gasteiger partial charge < -0.3 is 15.0 Å². The van der Waals surface area contributed by atoms with Gasteiger partial charge in [0, 0.05) is 35.6 Å². The van der Waals surface area contributed by atoms with Crippen molar-refractivity contribution >= 4 is 16.8 Å². The van der Waals surface area contributed by atoms with Crippen LogP contribution in [0.2, 0.25) is 0 Å². The molecule has 0 aliphatic rings. The number of ether oxygens (including phenoxy) is 1. The molecular weight excluding hydrogens is 374 g/mol. The lowest BCUT2D eigenvalue weighted by molar-refractivity contribution is -0.117. The van der Waals surface area contributed by atoms with E-state index in [1.54, 1.807) is 24.3 Å². The quantitative estimate of drug-likeness (QED) is 0.336. The number of methoxy groups -OCH3 is 1. The van der Waals surface area contributed by atoms with E-state index in [1.165, 1.54) is 31.4 Å². The molecule has 0 atom stereocenters. The predicted molar refractivity (Wildman–Crippen MR) is 109 cm³/mol. The van der Waals surface area contributed by atoms with Crippen molar-refractivity contribution in [2.24, 2.45) is 0 Å². The fourth-order valence-corrected chi connectivity index (χ4v) is 3.03. The molecule has 0 spiro atoms. The number of nitrogens with one attached hydrogen (secondary N) is 2. The first-order chi connectivity index (χ1) is 14.0. The molecule has 0 aliphatic heterocycles. The van der Waals surface area contributed by atoms with Crippen molar-refractivity contribution in [3.05, 3.63) is 95.4 Å². The van der Waals surface area contributed by atoms with Gasteiger partial charge in [0.1, 0.15) is 17.4 Å². The highest BCUT2D eigenvalue weighted by atomic mass is 19.1. The summed E-state index contributed by atoms with van der Waals surface area (Å²) in [6, 6.07) is 10.6. The molecule has 0 unspecified atom stereocenters. The van der Waals surface area contributed by atoms with Gasteiger partial charge in [0.15, 0.2) is 0 Å². The number of fused-ring (bicyclic) bond motifs is 1. The number of benzene rings is 2. The highest BCUT2D eigenvalue weighted by Crippen LogP contribution is 2.19. The molecule has 29 heavy (non-hydrogen) atoms. The summed E-state index contributed by atoms with van der Waals surface area (Å²) in [5.41, 5.74) is 2.90. The maximum absolute atomic E-state index is 13.4. The molecule has 3 rings (SSSR count). The maximum Gasteiger partial charge on any atom is 0.250 e. The lowest BCUT2D eigenvalue weighted by atomic mass is 10.1. The second-order valence-corrected chi connectivity index (χ2v) is 6.65. The number of H-pyrrole nitrogens is 1. The van der Waals surface area contributed by atoms with Gasteiger partial charge in [-0.1, -0.05) is 18.7 Å². The van der Waals surface area contributed by atoms with E-state index in [4.69, 9.17) is 4.74 Å². The van der Waals surface area contributed by atoms with E-state index in [-0.39, 0.29) is 23.1 Å². The van der Waals surface area contributed by atoms with Gasteiger partial charge in [-0.3, -0.25) is 4.79 Å². The molecule has 4 nitrogen and oxygen atoms in total. The average Bonchev–Trinajstić information content (AvgIpc) is 3.11. The molecule has 0 aliphatic carbocycles. The number of hydrogen-bond donors (Lipinski definition) is 2. The number of aromatic nitrogens is 1. The van der Waals surface area contributed by atoms with Gasteiger partial charge in [-0.05, 0) is 54.0 Å². The van der Waals surface area contributed by atoms with Crippen LogP contribution in [0, 0.1) is 11.6 Å². The lowest BCUT2D eigenvalue weighted by Gasteiger charge is -2.09. The van der Waals surface area contributed by atoms with Crippen molar-refractivity contribution in [1.29, 1.82) is 0 Å². The number of amides is 1. The third-order valence-corrected chi connectivity index (χ3v) is 4.59. The Morgan fingerprint density at radius 1 is 1.17 bits per heavy atom. The average molecular weight is 396 g/mol. The monoisotopic (exact) mass is 396 g/mol. The van der Waals surface area contributed by atoms with Crippen LogP contribution in [0.15, 0.2) is 72.6 Å². The second-order valence-electron chi connectivity index (χ2n) is 6.65. The summed E-state index contributed by atoms with van der Waals surface area (Å²) in [5.74, 6) is -0.374. The molecule has 0 radical (unpaired) electrons. The van der Waals surface area contributed by atoms with Gasteiger partial charge in [0.05, 0.1) is 7.11 Å². The van der Waals surface area contributed by atoms with Crippen LogP contribution in [0.25, 0.3) is 10.9 Å². The Balaban J connectivity index is 1.56. The summed E-state index contributed by atoms with van der Waals surface area (Å²) in [4.78, 5) is 15.4. The summed E-state index contributed by atoms with van der Waals surface area (Å²) in [7, 11) is 1.51. The van der Waals surface area contributed by atoms with Gasteiger partial charge >= 0.3 is 0 Å². The van der Waals surface area contributed by atoms with Gasteiger partial charge in [-0.25, -0.2) is 8.78 Å². The van der Waals surface area contributed by atoms with Gasteiger partial charge in [-0.2, -0.15) is 0 Å². The topological polar surface area (TPSA) is 54.1 Å². The van der Waals surface area contributed by atoms with Crippen LogP contribution in [0.3, 0.4) is 0 Å². The number of hydrogen-bond acceptors (Lipinski definition) is 2. The molecule has 0 saturated heterocycles. The van der Waals surface area contributed by atoms with Gasteiger partial charge in [0.25, 0.3) is 5.91 Å². The highest BCUT2D eigenvalue weighted by Gasteiger charge is 2.09. The fraction of sp³-hybridized carbons (Fsp3) is 0.174. The standard InChI is InChI=1S/C23H22F2N2O2/c1-15(11-20(29-2)12-16-3-5-18(24)6-4-16)23(28)26-10-9-17-14-27-22-8-7-19(25)13-21(17)22/h3-8,11,13-14,27H,1,9-10,12H2,2H3,(H,26,28)/b20-11-. The minimum Gasteiger partial charge on any atom is -0.501 e. The van der Waals surface area contributed by atoms with Crippen LogP contribution >= 0.6 is 0 Å². The van der Waals surface area contributed by atoms with Gasteiger partial charge in [0.2, 0.25) is 0 Å². The lowest BCUT2D eigenvalue weighted by Crippen LogP contribution is -2.26. The second kappa shape index (κ2) is 9.19. The molecule has 0 bridgehead atoms. The van der Waals surface area contributed by atoms with Crippen molar-refractivity contribution < 1.29 is 18.3 Å². The zero-order chi connectivity index (χ0) is 20.8. The maximum atomic E-state index is 13.4. The SMILES string of the molecule is C=C(/C=C(/Cc1ccc(F)cc1)OC)C(=O)NCCc1c[nH]c2ccc(F)cc12. The largest absolute Gasteiger partial charge is 0.501 e. The Kier molecular flexibility index (Phi) is 6.44.